The predicted molar refractivity (Wildman–Crippen MR) is 119 cm³/mol. The van der Waals surface area contributed by atoms with E-state index in [9.17, 15) is 8.78 Å². The van der Waals surface area contributed by atoms with E-state index in [2.05, 4.69) is 19.9 Å². The van der Waals surface area contributed by atoms with E-state index < -0.39 is 6.17 Å². The molecule has 0 unspecified atom stereocenters. The molecule has 1 fully saturated rings. The average molecular weight is 447 g/mol. The Balaban J connectivity index is 1.52. The number of hydrogen-bond acceptors (Lipinski definition) is 6. The molecule has 1 saturated heterocycles. The monoisotopic (exact) mass is 447 g/mol. The molecule has 1 aliphatic heterocycles. The van der Waals surface area contributed by atoms with Crippen LogP contribution in [0.25, 0.3) is 27.9 Å². The van der Waals surface area contributed by atoms with Crippen LogP contribution in [0.1, 0.15) is 5.56 Å². The smallest absolute Gasteiger partial charge is 0.241 e. The second kappa shape index (κ2) is 7.51. The van der Waals surface area contributed by atoms with Gasteiger partial charge in [-0.2, -0.15) is 9.97 Å². The van der Waals surface area contributed by atoms with Crippen molar-refractivity contribution in [2.45, 2.75) is 12.7 Å². The van der Waals surface area contributed by atoms with E-state index in [4.69, 9.17) is 4.74 Å². The Kier molecular flexibility index (Phi) is 4.46. The van der Waals surface area contributed by atoms with Gasteiger partial charge in [0.25, 0.3) is 0 Å². The van der Waals surface area contributed by atoms with Gasteiger partial charge in [-0.1, -0.05) is 12.1 Å². The molecule has 0 atom stereocenters. The summed E-state index contributed by atoms with van der Waals surface area (Å²) in [5, 5.41) is 0. The number of rotatable bonds is 5. The molecule has 0 spiro atoms. The Morgan fingerprint density at radius 1 is 1.12 bits per heavy atom. The SMILES string of the molecule is COc1ncnc2ccn(-c3cnc4nc(N5CC(F)C5)n(Cc5cccc(F)c5)c4c3)c12. The van der Waals surface area contributed by atoms with Gasteiger partial charge in [0.1, 0.15) is 23.8 Å². The summed E-state index contributed by atoms with van der Waals surface area (Å²) in [6.07, 6.45) is 4.17. The number of nitrogens with zero attached hydrogens (tertiary/aromatic N) is 7. The Morgan fingerprint density at radius 3 is 2.79 bits per heavy atom. The molecule has 5 aromatic rings. The van der Waals surface area contributed by atoms with Crippen LogP contribution in [0.2, 0.25) is 0 Å². The third-order valence-electron chi connectivity index (χ3n) is 5.83. The van der Waals surface area contributed by atoms with Crippen LogP contribution in [0.15, 0.2) is 55.1 Å². The molecule has 0 bridgehead atoms. The largest absolute Gasteiger partial charge is 0.479 e. The van der Waals surface area contributed by atoms with Gasteiger partial charge in [-0.25, -0.2) is 18.7 Å². The number of alkyl halides is 1. The fourth-order valence-corrected chi connectivity index (χ4v) is 4.23. The van der Waals surface area contributed by atoms with Crippen molar-refractivity contribution in [2.75, 3.05) is 25.1 Å². The molecule has 5 heterocycles. The van der Waals surface area contributed by atoms with Crippen molar-refractivity contribution >= 4 is 28.1 Å². The Hall–Kier alpha value is -4.08. The van der Waals surface area contributed by atoms with Crippen LogP contribution in [-0.4, -0.2) is 55.4 Å². The number of imidazole rings is 1. The number of fused-ring (bicyclic) bond motifs is 2. The average Bonchev–Trinajstić information content (AvgIpc) is 3.38. The standard InChI is InChI=1S/C23H19F2N7O/c1-33-22-20-18(27-13-28-22)5-6-31(20)17-8-19-21(26-9-17)29-23(30-11-16(25)12-30)32(19)10-14-3-2-4-15(24)7-14/h2-9,13,16H,10-12H2,1H3. The molecule has 0 radical (unpaired) electrons. The first-order chi connectivity index (χ1) is 16.1. The van der Waals surface area contributed by atoms with E-state index in [0.29, 0.717) is 24.0 Å². The van der Waals surface area contributed by atoms with Crippen molar-refractivity contribution in [1.82, 2.24) is 29.1 Å². The van der Waals surface area contributed by atoms with E-state index in [1.165, 1.54) is 18.5 Å². The molecule has 0 saturated carbocycles. The zero-order valence-electron chi connectivity index (χ0n) is 17.7. The third-order valence-corrected chi connectivity index (χ3v) is 5.83. The number of methoxy groups -OCH3 is 1. The quantitative estimate of drug-likeness (QED) is 0.411. The van der Waals surface area contributed by atoms with Gasteiger partial charge in [0, 0.05) is 6.20 Å². The summed E-state index contributed by atoms with van der Waals surface area (Å²) < 4.78 is 36.7. The summed E-state index contributed by atoms with van der Waals surface area (Å²) in [6.45, 7) is 0.924. The van der Waals surface area contributed by atoms with E-state index in [-0.39, 0.29) is 18.9 Å². The van der Waals surface area contributed by atoms with Crippen molar-refractivity contribution in [1.29, 1.82) is 0 Å². The van der Waals surface area contributed by atoms with Gasteiger partial charge in [0.05, 0.1) is 49.7 Å². The molecule has 0 amide bonds. The highest BCUT2D eigenvalue weighted by Crippen LogP contribution is 2.30. The predicted octanol–water partition coefficient (Wildman–Crippen LogP) is 3.52. The minimum atomic E-state index is -0.880. The van der Waals surface area contributed by atoms with Crippen LogP contribution in [0.3, 0.4) is 0 Å². The maximum absolute atomic E-state index is 13.8. The molecule has 8 nitrogen and oxygen atoms in total. The van der Waals surface area contributed by atoms with Crippen molar-refractivity contribution in [3.05, 3.63) is 66.5 Å². The molecular formula is C23H19F2N7O. The normalized spacial score (nSPS) is 14.2. The molecule has 1 aromatic carbocycles. The minimum absolute atomic E-state index is 0.274. The summed E-state index contributed by atoms with van der Waals surface area (Å²) in [5.41, 5.74) is 4.30. The van der Waals surface area contributed by atoms with Crippen molar-refractivity contribution in [3.8, 4) is 11.6 Å². The molecule has 6 rings (SSSR count). The molecule has 33 heavy (non-hydrogen) atoms. The molecule has 166 valence electrons. The Labute approximate surface area is 187 Å². The third kappa shape index (κ3) is 3.25. The highest BCUT2D eigenvalue weighted by molar-refractivity contribution is 5.84. The number of benzene rings is 1. The first kappa shape index (κ1) is 19.6. The molecular weight excluding hydrogens is 428 g/mol. The van der Waals surface area contributed by atoms with Crippen LogP contribution in [-0.2, 0) is 6.54 Å². The number of ether oxygens (including phenoxy) is 1. The summed E-state index contributed by atoms with van der Waals surface area (Å²) in [4.78, 5) is 19.6. The van der Waals surface area contributed by atoms with Crippen molar-refractivity contribution in [3.63, 3.8) is 0 Å². The van der Waals surface area contributed by atoms with Crippen LogP contribution in [0, 0.1) is 5.82 Å². The van der Waals surface area contributed by atoms with E-state index in [0.717, 1.165) is 27.8 Å². The second-order valence-corrected chi connectivity index (χ2v) is 7.97. The number of hydrogen-bond donors (Lipinski definition) is 0. The lowest BCUT2D eigenvalue weighted by Crippen LogP contribution is -2.49. The highest BCUT2D eigenvalue weighted by Gasteiger charge is 2.31. The van der Waals surface area contributed by atoms with Gasteiger partial charge in [0.15, 0.2) is 5.65 Å². The summed E-state index contributed by atoms with van der Waals surface area (Å²) in [5.74, 6) is 0.760. The lowest BCUT2D eigenvalue weighted by Gasteiger charge is -2.35. The second-order valence-electron chi connectivity index (χ2n) is 7.97. The highest BCUT2D eigenvalue weighted by atomic mass is 19.1. The zero-order chi connectivity index (χ0) is 22.5. The van der Waals surface area contributed by atoms with Gasteiger partial charge < -0.3 is 18.8 Å². The van der Waals surface area contributed by atoms with Crippen LogP contribution in [0.5, 0.6) is 5.88 Å². The van der Waals surface area contributed by atoms with Crippen LogP contribution < -0.4 is 9.64 Å². The summed E-state index contributed by atoms with van der Waals surface area (Å²) in [7, 11) is 1.56. The molecule has 0 N–H and O–H groups in total. The van der Waals surface area contributed by atoms with Gasteiger partial charge in [-0.05, 0) is 29.8 Å². The van der Waals surface area contributed by atoms with Gasteiger partial charge >= 0.3 is 0 Å². The van der Waals surface area contributed by atoms with Crippen LogP contribution in [0.4, 0.5) is 14.7 Å². The Bertz CT molecular complexity index is 1490. The van der Waals surface area contributed by atoms with E-state index >= 15 is 0 Å². The first-order valence-electron chi connectivity index (χ1n) is 10.5. The molecule has 4 aromatic heterocycles. The summed E-state index contributed by atoms with van der Waals surface area (Å²) in [6, 6.07) is 10.3. The number of aromatic nitrogens is 6. The van der Waals surface area contributed by atoms with Crippen molar-refractivity contribution in [2.24, 2.45) is 0 Å². The number of halogens is 2. The van der Waals surface area contributed by atoms with Gasteiger partial charge in [0.2, 0.25) is 11.8 Å². The first-order valence-corrected chi connectivity index (χ1v) is 10.5. The van der Waals surface area contributed by atoms with Gasteiger partial charge in [-0.15, -0.1) is 0 Å². The van der Waals surface area contributed by atoms with Crippen molar-refractivity contribution < 1.29 is 13.5 Å². The fraction of sp³-hybridized carbons (Fsp3) is 0.217. The lowest BCUT2D eigenvalue weighted by atomic mass is 10.2. The maximum atomic E-state index is 13.8. The number of anilines is 1. The van der Waals surface area contributed by atoms with Crippen LogP contribution >= 0.6 is 0 Å². The maximum Gasteiger partial charge on any atom is 0.241 e. The number of pyridine rings is 1. The molecule has 1 aliphatic rings. The molecule has 10 heteroatoms. The lowest BCUT2D eigenvalue weighted by molar-refractivity contribution is 0.271. The fourth-order valence-electron chi connectivity index (χ4n) is 4.23. The Morgan fingerprint density at radius 2 is 2.00 bits per heavy atom. The molecule has 0 aliphatic carbocycles. The zero-order valence-corrected chi connectivity index (χ0v) is 17.7. The van der Waals surface area contributed by atoms with E-state index in [1.807, 2.05) is 38.4 Å². The van der Waals surface area contributed by atoms with E-state index in [1.54, 1.807) is 19.4 Å². The summed E-state index contributed by atoms with van der Waals surface area (Å²) >= 11 is 0. The van der Waals surface area contributed by atoms with Gasteiger partial charge in [-0.3, -0.25) is 0 Å². The minimum Gasteiger partial charge on any atom is -0.479 e. The topological polar surface area (TPSA) is 73.9 Å².